The molecule has 2 N–H and O–H groups in total. The number of furan rings is 1. The molecule has 22 heavy (non-hydrogen) atoms. The minimum absolute atomic E-state index is 0.0676. The Bertz CT molecular complexity index is 716. The highest BCUT2D eigenvalue weighted by atomic mass is 16.3. The van der Waals surface area contributed by atoms with Crippen molar-refractivity contribution in [3.63, 3.8) is 0 Å². The second-order valence-corrected chi connectivity index (χ2v) is 6.73. The van der Waals surface area contributed by atoms with Crippen LogP contribution in [0.2, 0.25) is 0 Å². The van der Waals surface area contributed by atoms with E-state index >= 15 is 0 Å². The van der Waals surface area contributed by atoms with Gasteiger partial charge in [0.2, 0.25) is 5.71 Å². The summed E-state index contributed by atoms with van der Waals surface area (Å²) < 4.78 is 5.65. The average molecular weight is 302 g/mol. The van der Waals surface area contributed by atoms with Gasteiger partial charge in [-0.05, 0) is 32.6 Å². The number of nitrogens with one attached hydrogen (secondary N) is 2. The zero-order chi connectivity index (χ0) is 15.9. The van der Waals surface area contributed by atoms with E-state index in [2.05, 4.69) is 41.4 Å². The Morgan fingerprint density at radius 1 is 1.41 bits per heavy atom. The first-order valence-corrected chi connectivity index (χ1v) is 7.70. The van der Waals surface area contributed by atoms with E-state index in [1.54, 1.807) is 6.92 Å². The molecule has 0 bridgehead atoms. The summed E-state index contributed by atoms with van der Waals surface area (Å²) >= 11 is 0. The van der Waals surface area contributed by atoms with Gasteiger partial charge in [-0.3, -0.25) is 4.79 Å². The summed E-state index contributed by atoms with van der Waals surface area (Å²) in [6, 6.07) is 0. The second kappa shape index (κ2) is 5.26. The Kier molecular flexibility index (Phi) is 3.54. The summed E-state index contributed by atoms with van der Waals surface area (Å²) in [5, 5.41) is 7.03. The van der Waals surface area contributed by atoms with Crippen LogP contribution in [0.5, 0.6) is 0 Å². The van der Waals surface area contributed by atoms with Crippen LogP contribution >= 0.6 is 0 Å². The van der Waals surface area contributed by atoms with Crippen molar-refractivity contribution in [2.75, 3.05) is 11.9 Å². The third-order valence-electron chi connectivity index (χ3n) is 3.98. The van der Waals surface area contributed by atoms with Gasteiger partial charge in [-0.2, -0.15) is 0 Å². The molecule has 0 spiro atoms. The molecular formula is C16H22N4O2. The van der Waals surface area contributed by atoms with E-state index in [1.807, 2.05) is 0 Å². The maximum atomic E-state index is 12.5. The first-order chi connectivity index (χ1) is 10.4. The molecule has 3 rings (SSSR count). The minimum atomic E-state index is -0.135. The fourth-order valence-corrected chi connectivity index (χ4v) is 2.40. The molecule has 1 aliphatic carbocycles. The number of nitrogens with zero attached hydrogens (tertiary/aromatic N) is 2. The third-order valence-corrected chi connectivity index (χ3v) is 3.98. The van der Waals surface area contributed by atoms with E-state index in [0.29, 0.717) is 40.7 Å². The number of fused-ring (bicyclic) bond motifs is 1. The number of amides is 1. The SMILES string of the molecule is Cc1oc2ncnc(NC3(C)CC3)c2c1C(=O)NCC(C)C. The monoisotopic (exact) mass is 302 g/mol. The van der Waals surface area contributed by atoms with Crippen LogP contribution in [0.1, 0.15) is 49.7 Å². The van der Waals surface area contributed by atoms with Gasteiger partial charge in [0, 0.05) is 12.1 Å². The molecule has 0 aliphatic heterocycles. The van der Waals surface area contributed by atoms with Gasteiger partial charge in [-0.25, -0.2) is 9.97 Å². The minimum Gasteiger partial charge on any atom is -0.442 e. The smallest absolute Gasteiger partial charge is 0.255 e. The first kappa shape index (κ1) is 14.8. The molecule has 1 fully saturated rings. The largest absolute Gasteiger partial charge is 0.442 e. The Balaban J connectivity index is 2.01. The molecule has 6 heteroatoms. The highest BCUT2D eigenvalue weighted by molar-refractivity contribution is 6.10. The van der Waals surface area contributed by atoms with Gasteiger partial charge in [0.05, 0.1) is 10.9 Å². The van der Waals surface area contributed by atoms with Crippen LogP contribution in [0.4, 0.5) is 5.82 Å². The number of rotatable bonds is 5. The molecule has 118 valence electrons. The molecule has 0 saturated heterocycles. The summed E-state index contributed by atoms with van der Waals surface area (Å²) in [5.41, 5.74) is 1.05. The average Bonchev–Trinajstić information content (AvgIpc) is 3.06. The fourth-order valence-electron chi connectivity index (χ4n) is 2.40. The summed E-state index contributed by atoms with van der Waals surface area (Å²) in [5.74, 6) is 1.50. The Morgan fingerprint density at radius 3 is 2.77 bits per heavy atom. The van der Waals surface area contributed by atoms with Crippen molar-refractivity contribution in [3.05, 3.63) is 17.7 Å². The van der Waals surface area contributed by atoms with E-state index in [4.69, 9.17) is 4.42 Å². The van der Waals surface area contributed by atoms with Gasteiger partial charge < -0.3 is 15.1 Å². The van der Waals surface area contributed by atoms with E-state index < -0.39 is 0 Å². The molecule has 0 atom stereocenters. The predicted octanol–water partition coefficient (Wildman–Crippen LogP) is 2.88. The zero-order valence-electron chi connectivity index (χ0n) is 13.5. The Labute approximate surface area is 129 Å². The third kappa shape index (κ3) is 2.77. The molecular weight excluding hydrogens is 280 g/mol. The van der Waals surface area contributed by atoms with E-state index in [1.165, 1.54) is 6.33 Å². The van der Waals surface area contributed by atoms with E-state index in [-0.39, 0.29) is 11.4 Å². The lowest BCUT2D eigenvalue weighted by Gasteiger charge is -2.13. The summed E-state index contributed by atoms with van der Waals surface area (Å²) in [6.07, 6.45) is 3.67. The van der Waals surface area contributed by atoms with Crippen molar-refractivity contribution < 1.29 is 9.21 Å². The number of anilines is 1. The van der Waals surface area contributed by atoms with Crippen LogP contribution in [-0.2, 0) is 0 Å². The number of hydrogen-bond donors (Lipinski definition) is 2. The Morgan fingerprint density at radius 2 is 2.14 bits per heavy atom. The van der Waals surface area contributed by atoms with Crippen molar-refractivity contribution >= 4 is 22.8 Å². The Hall–Kier alpha value is -2.11. The van der Waals surface area contributed by atoms with Gasteiger partial charge in [0.1, 0.15) is 17.9 Å². The van der Waals surface area contributed by atoms with Crippen LogP contribution in [0, 0.1) is 12.8 Å². The molecule has 1 saturated carbocycles. The standard InChI is InChI=1S/C16H22N4O2/c1-9(2)7-17-14(21)11-10(3)22-15-12(11)13(18-8-19-15)20-16(4)5-6-16/h8-9H,5-7H2,1-4H3,(H,17,21)(H,18,19,20). The lowest BCUT2D eigenvalue weighted by atomic mass is 10.1. The van der Waals surface area contributed by atoms with Crippen molar-refractivity contribution in [2.45, 2.75) is 46.1 Å². The normalized spacial score (nSPS) is 16.0. The van der Waals surface area contributed by atoms with Gasteiger partial charge in [-0.1, -0.05) is 13.8 Å². The quantitative estimate of drug-likeness (QED) is 0.887. The number of carbonyl (C=O) groups excluding carboxylic acids is 1. The molecule has 0 aromatic carbocycles. The van der Waals surface area contributed by atoms with E-state index in [0.717, 1.165) is 12.8 Å². The van der Waals surface area contributed by atoms with E-state index in [9.17, 15) is 4.79 Å². The summed E-state index contributed by atoms with van der Waals surface area (Å²) in [7, 11) is 0. The van der Waals surface area contributed by atoms with Crippen LogP contribution in [0.3, 0.4) is 0 Å². The lowest BCUT2D eigenvalue weighted by molar-refractivity contribution is 0.0949. The number of carbonyl (C=O) groups is 1. The van der Waals surface area contributed by atoms with Crippen LogP contribution < -0.4 is 10.6 Å². The van der Waals surface area contributed by atoms with Gasteiger partial charge >= 0.3 is 0 Å². The second-order valence-electron chi connectivity index (χ2n) is 6.73. The highest BCUT2D eigenvalue weighted by Gasteiger charge is 2.38. The van der Waals surface area contributed by atoms with Crippen LogP contribution in [0.15, 0.2) is 10.7 Å². The number of aromatic nitrogens is 2. The summed E-state index contributed by atoms with van der Waals surface area (Å²) in [4.78, 5) is 21.0. The molecule has 2 heterocycles. The maximum Gasteiger partial charge on any atom is 0.255 e. The topological polar surface area (TPSA) is 80.1 Å². The van der Waals surface area contributed by atoms with Crippen LogP contribution in [-0.4, -0.2) is 28.0 Å². The van der Waals surface area contributed by atoms with Crippen molar-refractivity contribution in [2.24, 2.45) is 5.92 Å². The maximum absolute atomic E-state index is 12.5. The molecule has 2 aromatic rings. The predicted molar refractivity (Wildman–Crippen MR) is 85.0 cm³/mol. The van der Waals surface area contributed by atoms with Gasteiger partial charge in [0.25, 0.3) is 5.91 Å². The molecule has 1 amide bonds. The molecule has 1 aliphatic rings. The van der Waals surface area contributed by atoms with Crippen molar-refractivity contribution in [3.8, 4) is 0 Å². The van der Waals surface area contributed by atoms with Crippen molar-refractivity contribution in [1.82, 2.24) is 15.3 Å². The molecule has 0 unspecified atom stereocenters. The van der Waals surface area contributed by atoms with Gasteiger partial charge in [-0.15, -0.1) is 0 Å². The number of aryl methyl sites for hydroxylation is 1. The van der Waals surface area contributed by atoms with Crippen LogP contribution in [0.25, 0.3) is 11.1 Å². The van der Waals surface area contributed by atoms with Gasteiger partial charge in [0.15, 0.2) is 0 Å². The fraction of sp³-hybridized carbons (Fsp3) is 0.562. The molecule has 2 aromatic heterocycles. The zero-order valence-corrected chi connectivity index (χ0v) is 13.5. The lowest BCUT2D eigenvalue weighted by Crippen LogP contribution is -2.28. The molecule has 0 radical (unpaired) electrons. The summed E-state index contributed by atoms with van der Waals surface area (Å²) in [6.45, 7) is 8.68. The van der Waals surface area contributed by atoms with Crippen molar-refractivity contribution in [1.29, 1.82) is 0 Å². The number of hydrogen-bond acceptors (Lipinski definition) is 5. The molecule has 6 nitrogen and oxygen atoms in total. The first-order valence-electron chi connectivity index (χ1n) is 7.70. The highest BCUT2D eigenvalue weighted by Crippen LogP contribution is 2.40.